The van der Waals surface area contributed by atoms with Crippen LogP contribution in [0.25, 0.3) is 5.69 Å². The first-order valence-electron chi connectivity index (χ1n) is 11.9. The second-order valence-corrected chi connectivity index (χ2v) is 8.71. The van der Waals surface area contributed by atoms with Crippen LogP contribution in [0.2, 0.25) is 0 Å². The van der Waals surface area contributed by atoms with E-state index in [2.05, 4.69) is 15.7 Å². The van der Waals surface area contributed by atoms with Gasteiger partial charge in [0.1, 0.15) is 11.4 Å². The van der Waals surface area contributed by atoms with Crippen molar-refractivity contribution in [2.75, 3.05) is 24.7 Å². The minimum Gasteiger partial charge on any atom is -0.505 e. The fourth-order valence-electron chi connectivity index (χ4n) is 4.03. The number of phenols is 1. The van der Waals surface area contributed by atoms with Crippen LogP contribution in [0.4, 0.5) is 17.1 Å². The molecule has 0 bridgehead atoms. The summed E-state index contributed by atoms with van der Waals surface area (Å²) in [6.07, 6.45) is 0.642. The standard InChI is InChI=1S/C28H29N5O4/c1-4-21(18-12-7-5-8-13-18)29-23-24(28(37)33(31-26(23)35)19-14-9-6-10-15-19)30-22-17-11-16-20(25(22)34)27(36)32(2)3/h5-17,21,29-30,34H,4H2,1-3H3,(H,31,35). The van der Waals surface area contributed by atoms with Gasteiger partial charge in [0.25, 0.3) is 17.0 Å². The number of rotatable bonds is 8. The summed E-state index contributed by atoms with van der Waals surface area (Å²) < 4.78 is 1.14. The van der Waals surface area contributed by atoms with Gasteiger partial charge >= 0.3 is 0 Å². The molecule has 0 fully saturated rings. The summed E-state index contributed by atoms with van der Waals surface area (Å²) in [5, 5.41) is 19.7. The van der Waals surface area contributed by atoms with Crippen LogP contribution in [0.15, 0.2) is 88.5 Å². The molecule has 37 heavy (non-hydrogen) atoms. The number of hydrogen-bond donors (Lipinski definition) is 4. The Morgan fingerprint density at radius 3 is 2.22 bits per heavy atom. The highest BCUT2D eigenvalue weighted by atomic mass is 16.3. The van der Waals surface area contributed by atoms with E-state index in [-0.39, 0.29) is 34.4 Å². The van der Waals surface area contributed by atoms with E-state index in [1.165, 1.54) is 17.0 Å². The van der Waals surface area contributed by atoms with Gasteiger partial charge in [-0.3, -0.25) is 19.5 Å². The van der Waals surface area contributed by atoms with Gasteiger partial charge in [0.05, 0.1) is 23.0 Å². The maximum atomic E-state index is 13.7. The zero-order valence-corrected chi connectivity index (χ0v) is 20.9. The molecule has 1 heterocycles. The van der Waals surface area contributed by atoms with Gasteiger partial charge in [0.2, 0.25) is 0 Å². The van der Waals surface area contributed by atoms with Gasteiger partial charge < -0.3 is 20.6 Å². The lowest BCUT2D eigenvalue weighted by Crippen LogP contribution is -2.33. The van der Waals surface area contributed by atoms with E-state index in [1.54, 1.807) is 50.5 Å². The molecule has 1 aromatic heterocycles. The number of anilines is 3. The molecule has 1 unspecified atom stereocenters. The Bertz CT molecular complexity index is 1510. The molecule has 4 N–H and O–H groups in total. The number of aromatic nitrogens is 2. The van der Waals surface area contributed by atoms with Crippen molar-refractivity contribution < 1.29 is 9.90 Å². The molecule has 0 aliphatic carbocycles. The summed E-state index contributed by atoms with van der Waals surface area (Å²) in [7, 11) is 3.15. The van der Waals surface area contributed by atoms with Crippen molar-refractivity contribution in [3.05, 3.63) is 111 Å². The lowest BCUT2D eigenvalue weighted by Gasteiger charge is -2.22. The van der Waals surface area contributed by atoms with Crippen molar-refractivity contribution >= 4 is 23.0 Å². The molecule has 0 spiro atoms. The molecule has 190 valence electrons. The number of carbonyl (C=O) groups excluding carboxylic acids is 1. The number of para-hydroxylation sites is 2. The summed E-state index contributed by atoms with van der Waals surface area (Å²) in [5.74, 6) is -0.726. The third kappa shape index (κ3) is 5.25. The number of carbonyl (C=O) groups is 1. The Morgan fingerprint density at radius 2 is 1.59 bits per heavy atom. The molecule has 0 aliphatic rings. The van der Waals surface area contributed by atoms with E-state index in [0.717, 1.165) is 10.2 Å². The van der Waals surface area contributed by atoms with Crippen LogP contribution >= 0.6 is 0 Å². The predicted molar refractivity (Wildman–Crippen MR) is 145 cm³/mol. The lowest BCUT2D eigenvalue weighted by molar-refractivity contribution is 0.0824. The first-order valence-corrected chi connectivity index (χ1v) is 11.9. The number of aromatic amines is 1. The van der Waals surface area contributed by atoms with E-state index in [0.29, 0.717) is 12.1 Å². The maximum absolute atomic E-state index is 13.7. The second-order valence-electron chi connectivity index (χ2n) is 8.71. The number of H-pyrrole nitrogens is 1. The fraction of sp³-hybridized carbons (Fsp3) is 0.179. The third-order valence-corrected chi connectivity index (χ3v) is 5.98. The molecule has 0 aliphatic heterocycles. The van der Waals surface area contributed by atoms with Gasteiger partial charge in [-0.05, 0) is 36.2 Å². The second kappa shape index (κ2) is 10.9. The number of hydrogen-bond acceptors (Lipinski definition) is 6. The summed E-state index contributed by atoms with van der Waals surface area (Å²) in [5.41, 5.74) is 0.488. The zero-order chi connectivity index (χ0) is 26.5. The van der Waals surface area contributed by atoms with Gasteiger partial charge in [-0.15, -0.1) is 0 Å². The molecule has 4 rings (SSSR count). The first-order chi connectivity index (χ1) is 17.8. The van der Waals surface area contributed by atoms with Crippen molar-refractivity contribution in [1.29, 1.82) is 0 Å². The van der Waals surface area contributed by atoms with Crippen LogP contribution in [-0.2, 0) is 0 Å². The highest BCUT2D eigenvalue weighted by Crippen LogP contribution is 2.32. The Labute approximate surface area is 214 Å². The molecule has 0 saturated heterocycles. The average molecular weight is 500 g/mol. The topological polar surface area (TPSA) is 119 Å². The Morgan fingerprint density at radius 1 is 0.946 bits per heavy atom. The maximum Gasteiger partial charge on any atom is 0.295 e. The van der Waals surface area contributed by atoms with Gasteiger partial charge in [-0.2, -0.15) is 0 Å². The zero-order valence-electron chi connectivity index (χ0n) is 20.9. The lowest BCUT2D eigenvalue weighted by atomic mass is 10.0. The quantitative estimate of drug-likeness (QED) is 0.269. The van der Waals surface area contributed by atoms with Crippen molar-refractivity contribution in [3.63, 3.8) is 0 Å². The number of benzene rings is 3. The van der Waals surface area contributed by atoms with Crippen molar-refractivity contribution in [1.82, 2.24) is 14.7 Å². The molecule has 0 saturated carbocycles. The fourth-order valence-corrected chi connectivity index (χ4v) is 4.03. The molecule has 4 aromatic rings. The Kier molecular flexibility index (Phi) is 7.43. The minimum atomic E-state index is -0.542. The molecule has 3 aromatic carbocycles. The minimum absolute atomic E-state index is 0.0247. The highest BCUT2D eigenvalue weighted by molar-refractivity contribution is 5.98. The number of amides is 1. The average Bonchev–Trinajstić information content (AvgIpc) is 2.91. The van der Waals surface area contributed by atoms with E-state index in [4.69, 9.17) is 0 Å². The third-order valence-electron chi connectivity index (χ3n) is 5.98. The monoisotopic (exact) mass is 499 g/mol. The summed E-state index contributed by atoms with van der Waals surface area (Å²) >= 11 is 0. The van der Waals surface area contributed by atoms with Crippen LogP contribution in [0.1, 0.15) is 35.3 Å². The number of nitrogens with zero attached hydrogens (tertiary/aromatic N) is 2. The van der Waals surface area contributed by atoms with E-state index < -0.39 is 17.0 Å². The van der Waals surface area contributed by atoms with Crippen molar-refractivity contribution in [2.45, 2.75) is 19.4 Å². The van der Waals surface area contributed by atoms with Crippen LogP contribution in [0, 0.1) is 0 Å². The molecule has 9 heteroatoms. The van der Waals surface area contributed by atoms with Crippen LogP contribution in [-0.4, -0.2) is 39.8 Å². The summed E-state index contributed by atoms with van der Waals surface area (Å²) in [4.78, 5) is 41.0. The Balaban J connectivity index is 1.88. The normalized spacial score (nSPS) is 11.5. The molecular weight excluding hydrogens is 470 g/mol. The number of aromatic hydroxyl groups is 1. The molecule has 9 nitrogen and oxygen atoms in total. The van der Waals surface area contributed by atoms with Gasteiger partial charge in [-0.25, -0.2) is 4.68 Å². The Hall–Kier alpha value is -4.79. The van der Waals surface area contributed by atoms with Crippen LogP contribution < -0.4 is 21.8 Å². The predicted octanol–water partition coefficient (Wildman–Crippen LogP) is 4.24. The molecule has 1 atom stereocenters. The van der Waals surface area contributed by atoms with Gasteiger partial charge in [0.15, 0.2) is 5.75 Å². The smallest absolute Gasteiger partial charge is 0.295 e. The van der Waals surface area contributed by atoms with Crippen LogP contribution in [0.5, 0.6) is 5.75 Å². The molecule has 1 amide bonds. The molecular formula is C28H29N5O4. The van der Waals surface area contributed by atoms with Crippen molar-refractivity contribution in [2.24, 2.45) is 0 Å². The van der Waals surface area contributed by atoms with E-state index >= 15 is 0 Å². The molecule has 0 radical (unpaired) electrons. The highest BCUT2D eigenvalue weighted by Gasteiger charge is 2.22. The van der Waals surface area contributed by atoms with E-state index in [9.17, 15) is 19.5 Å². The summed E-state index contributed by atoms with van der Waals surface area (Å²) in [6.45, 7) is 1.97. The van der Waals surface area contributed by atoms with Crippen LogP contribution in [0.3, 0.4) is 0 Å². The van der Waals surface area contributed by atoms with Gasteiger partial charge in [0, 0.05) is 14.1 Å². The number of phenolic OH excluding ortho intramolecular Hbond substituents is 1. The largest absolute Gasteiger partial charge is 0.505 e. The van der Waals surface area contributed by atoms with E-state index in [1.807, 2.05) is 37.3 Å². The summed E-state index contributed by atoms with van der Waals surface area (Å²) in [6, 6.07) is 22.7. The van der Waals surface area contributed by atoms with Gasteiger partial charge in [-0.1, -0.05) is 61.5 Å². The SMILES string of the molecule is CCC(Nc1c(Nc2cccc(C(=O)N(C)C)c2O)c(=O)n(-c2ccccc2)[nH]c1=O)c1ccccc1. The first kappa shape index (κ1) is 25.3. The number of nitrogens with one attached hydrogen (secondary N) is 3. The van der Waals surface area contributed by atoms with Crippen molar-refractivity contribution in [3.8, 4) is 11.4 Å².